The van der Waals surface area contributed by atoms with Crippen LogP contribution in [-0.2, 0) is 0 Å². The Kier molecular flexibility index (Phi) is 3.80. The summed E-state index contributed by atoms with van der Waals surface area (Å²) in [6.45, 7) is 0. The van der Waals surface area contributed by atoms with E-state index in [0.29, 0.717) is 11.3 Å². The summed E-state index contributed by atoms with van der Waals surface area (Å²) in [6, 6.07) is 13.1. The highest BCUT2D eigenvalue weighted by Gasteiger charge is 2.10. The van der Waals surface area contributed by atoms with Crippen LogP contribution in [0.2, 0.25) is 0 Å². The minimum atomic E-state index is -0.423. The molecule has 2 aromatic carbocycles. The summed E-state index contributed by atoms with van der Waals surface area (Å²) < 4.78 is 13.1. The number of para-hydroxylation sites is 2. The first-order chi connectivity index (χ1) is 9.08. The molecule has 0 radical (unpaired) electrons. The van der Waals surface area contributed by atoms with Crippen molar-refractivity contribution in [3.8, 4) is 0 Å². The molecule has 0 spiro atoms. The third kappa shape index (κ3) is 3.10. The van der Waals surface area contributed by atoms with Crippen LogP contribution in [0.1, 0.15) is 10.4 Å². The minimum Gasteiger partial charge on any atom is -0.376 e. The lowest BCUT2D eigenvalue weighted by Crippen LogP contribution is -2.16. The van der Waals surface area contributed by atoms with E-state index in [1.165, 1.54) is 18.2 Å². The number of carbonyl (C=O) groups is 1. The number of halogens is 1. The van der Waals surface area contributed by atoms with Gasteiger partial charge in [-0.1, -0.05) is 18.2 Å². The number of carbonyl (C=O) groups excluding carboxylic acids is 1. The van der Waals surface area contributed by atoms with E-state index < -0.39 is 5.82 Å². The maximum Gasteiger partial charge on any atom is 0.255 e. The Morgan fingerprint density at radius 2 is 1.84 bits per heavy atom. The monoisotopic (exact) mass is 258 g/mol. The number of nitrogens with zero attached hydrogens (tertiary/aromatic N) is 1. The number of anilines is 2. The predicted molar refractivity (Wildman–Crippen MR) is 75.1 cm³/mol. The molecule has 2 rings (SSSR count). The van der Waals surface area contributed by atoms with E-state index in [4.69, 9.17) is 0 Å². The molecular weight excluding hydrogens is 243 g/mol. The number of nitrogens with one attached hydrogen (secondary N) is 1. The van der Waals surface area contributed by atoms with Crippen molar-refractivity contribution in [2.24, 2.45) is 0 Å². The summed E-state index contributed by atoms with van der Waals surface area (Å²) in [7, 11) is 3.79. The first kappa shape index (κ1) is 13.1. The average molecular weight is 258 g/mol. The van der Waals surface area contributed by atoms with Crippen LogP contribution in [0, 0.1) is 5.82 Å². The maximum atomic E-state index is 13.1. The quantitative estimate of drug-likeness (QED) is 0.917. The Balaban J connectivity index is 2.24. The molecule has 0 aliphatic carbocycles. The number of hydrogen-bond acceptors (Lipinski definition) is 2. The van der Waals surface area contributed by atoms with Crippen molar-refractivity contribution >= 4 is 17.3 Å². The third-order valence-corrected chi connectivity index (χ3v) is 2.72. The maximum absolute atomic E-state index is 13.1. The van der Waals surface area contributed by atoms with Gasteiger partial charge in [0.2, 0.25) is 0 Å². The van der Waals surface area contributed by atoms with Gasteiger partial charge >= 0.3 is 0 Å². The first-order valence-electron chi connectivity index (χ1n) is 5.91. The SMILES string of the molecule is CN(C)c1ccccc1NC(=O)c1cccc(F)c1. The van der Waals surface area contributed by atoms with Gasteiger partial charge in [-0.15, -0.1) is 0 Å². The van der Waals surface area contributed by atoms with Crippen molar-refractivity contribution in [1.29, 1.82) is 0 Å². The van der Waals surface area contributed by atoms with Crippen LogP contribution in [0.15, 0.2) is 48.5 Å². The van der Waals surface area contributed by atoms with Crippen molar-refractivity contribution in [3.63, 3.8) is 0 Å². The summed E-state index contributed by atoms with van der Waals surface area (Å²) in [5.74, 6) is -0.748. The summed E-state index contributed by atoms with van der Waals surface area (Å²) in [5, 5.41) is 2.79. The van der Waals surface area contributed by atoms with Crippen LogP contribution in [-0.4, -0.2) is 20.0 Å². The third-order valence-electron chi connectivity index (χ3n) is 2.72. The zero-order valence-corrected chi connectivity index (χ0v) is 10.9. The molecule has 4 heteroatoms. The highest BCUT2D eigenvalue weighted by Crippen LogP contribution is 2.24. The van der Waals surface area contributed by atoms with Crippen molar-refractivity contribution in [2.45, 2.75) is 0 Å². The van der Waals surface area contributed by atoms with E-state index >= 15 is 0 Å². The normalized spacial score (nSPS) is 10.1. The molecular formula is C15H15FN2O. The Bertz CT molecular complexity index is 596. The minimum absolute atomic E-state index is 0.300. The average Bonchev–Trinajstić information content (AvgIpc) is 2.39. The molecule has 19 heavy (non-hydrogen) atoms. The van der Waals surface area contributed by atoms with Crippen molar-refractivity contribution in [3.05, 3.63) is 59.9 Å². The Labute approximate surface area is 111 Å². The van der Waals surface area contributed by atoms with Crippen molar-refractivity contribution in [2.75, 3.05) is 24.3 Å². The molecule has 0 aliphatic rings. The lowest BCUT2D eigenvalue weighted by molar-refractivity contribution is 0.102. The van der Waals surface area contributed by atoms with Crippen molar-refractivity contribution < 1.29 is 9.18 Å². The van der Waals surface area contributed by atoms with E-state index in [9.17, 15) is 9.18 Å². The van der Waals surface area contributed by atoms with Gasteiger partial charge in [-0.2, -0.15) is 0 Å². The topological polar surface area (TPSA) is 32.3 Å². The van der Waals surface area contributed by atoms with E-state index in [1.54, 1.807) is 6.07 Å². The van der Waals surface area contributed by atoms with Gasteiger partial charge in [-0.25, -0.2) is 4.39 Å². The van der Waals surface area contributed by atoms with Crippen LogP contribution in [0.4, 0.5) is 15.8 Å². The molecule has 0 unspecified atom stereocenters. The van der Waals surface area contributed by atoms with Crippen LogP contribution in [0.25, 0.3) is 0 Å². The van der Waals surface area contributed by atoms with E-state index in [-0.39, 0.29) is 5.91 Å². The van der Waals surface area contributed by atoms with Crippen LogP contribution >= 0.6 is 0 Å². The Morgan fingerprint density at radius 1 is 1.11 bits per heavy atom. The largest absolute Gasteiger partial charge is 0.376 e. The molecule has 0 atom stereocenters. The molecule has 0 heterocycles. The number of hydrogen-bond donors (Lipinski definition) is 1. The molecule has 1 amide bonds. The van der Waals surface area contributed by atoms with Gasteiger partial charge < -0.3 is 10.2 Å². The molecule has 0 fully saturated rings. The van der Waals surface area contributed by atoms with Crippen LogP contribution < -0.4 is 10.2 Å². The number of amides is 1. The standard InChI is InChI=1S/C15H15FN2O/c1-18(2)14-9-4-3-8-13(14)17-15(19)11-6-5-7-12(16)10-11/h3-10H,1-2H3,(H,17,19). The molecule has 0 aliphatic heterocycles. The molecule has 98 valence electrons. The molecule has 0 saturated carbocycles. The Hall–Kier alpha value is -2.36. The fourth-order valence-corrected chi connectivity index (χ4v) is 1.79. The molecule has 2 aromatic rings. The number of rotatable bonds is 3. The molecule has 0 saturated heterocycles. The second-order valence-corrected chi connectivity index (χ2v) is 4.38. The summed E-state index contributed by atoms with van der Waals surface area (Å²) >= 11 is 0. The smallest absolute Gasteiger partial charge is 0.255 e. The zero-order valence-electron chi connectivity index (χ0n) is 10.9. The van der Waals surface area contributed by atoms with Gasteiger partial charge in [0.05, 0.1) is 11.4 Å². The molecule has 1 N–H and O–H groups in total. The second-order valence-electron chi connectivity index (χ2n) is 4.38. The first-order valence-corrected chi connectivity index (χ1v) is 5.91. The van der Waals surface area contributed by atoms with E-state index in [1.807, 2.05) is 43.3 Å². The van der Waals surface area contributed by atoms with Gasteiger partial charge in [0.25, 0.3) is 5.91 Å². The fourth-order valence-electron chi connectivity index (χ4n) is 1.79. The van der Waals surface area contributed by atoms with Gasteiger partial charge in [0.15, 0.2) is 0 Å². The van der Waals surface area contributed by atoms with Crippen molar-refractivity contribution in [1.82, 2.24) is 0 Å². The van der Waals surface area contributed by atoms with Gasteiger partial charge in [0.1, 0.15) is 5.82 Å². The van der Waals surface area contributed by atoms with Crippen LogP contribution in [0.5, 0.6) is 0 Å². The van der Waals surface area contributed by atoms with Crippen LogP contribution in [0.3, 0.4) is 0 Å². The lowest BCUT2D eigenvalue weighted by atomic mass is 10.2. The molecule has 3 nitrogen and oxygen atoms in total. The van der Waals surface area contributed by atoms with E-state index in [2.05, 4.69) is 5.32 Å². The van der Waals surface area contributed by atoms with Gasteiger partial charge in [0, 0.05) is 19.7 Å². The predicted octanol–water partition coefficient (Wildman–Crippen LogP) is 3.14. The highest BCUT2D eigenvalue weighted by molar-refractivity contribution is 6.05. The zero-order chi connectivity index (χ0) is 13.8. The summed E-state index contributed by atoms with van der Waals surface area (Å²) in [6.07, 6.45) is 0. The van der Waals surface area contributed by atoms with E-state index in [0.717, 1.165) is 5.69 Å². The summed E-state index contributed by atoms with van der Waals surface area (Å²) in [5.41, 5.74) is 1.89. The second kappa shape index (κ2) is 5.52. The highest BCUT2D eigenvalue weighted by atomic mass is 19.1. The number of benzene rings is 2. The summed E-state index contributed by atoms with van der Waals surface area (Å²) in [4.78, 5) is 13.9. The fraction of sp³-hybridized carbons (Fsp3) is 0.133. The van der Waals surface area contributed by atoms with Gasteiger partial charge in [-0.05, 0) is 30.3 Å². The molecule has 0 bridgehead atoms. The molecule has 0 aromatic heterocycles. The van der Waals surface area contributed by atoms with Gasteiger partial charge in [-0.3, -0.25) is 4.79 Å². The lowest BCUT2D eigenvalue weighted by Gasteiger charge is -2.17. The Morgan fingerprint density at radius 3 is 2.53 bits per heavy atom.